The van der Waals surface area contributed by atoms with Crippen molar-refractivity contribution in [2.24, 2.45) is 0 Å². The van der Waals surface area contributed by atoms with Gasteiger partial charge >= 0.3 is 0 Å². The highest BCUT2D eigenvalue weighted by atomic mass is 16.2. The molecule has 0 radical (unpaired) electrons. The summed E-state index contributed by atoms with van der Waals surface area (Å²) in [5, 5.41) is 3.29. The van der Waals surface area contributed by atoms with Gasteiger partial charge in [0.15, 0.2) is 0 Å². The van der Waals surface area contributed by atoms with Gasteiger partial charge in [-0.3, -0.25) is 4.79 Å². The predicted octanol–water partition coefficient (Wildman–Crippen LogP) is 3.30. The molecule has 2 nitrogen and oxygen atoms in total. The minimum atomic E-state index is 0.0601. The summed E-state index contributed by atoms with van der Waals surface area (Å²) in [6.07, 6.45) is 6.79. The lowest BCUT2D eigenvalue weighted by Crippen LogP contribution is -2.46. The van der Waals surface area contributed by atoms with E-state index >= 15 is 0 Å². The number of carbonyl (C=O) groups is 1. The molecule has 96 valence electrons. The third-order valence-electron chi connectivity index (χ3n) is 4.67. The van der Waals surface area contributed by atoms with E-state index in [1.165, 1.54) is 30.4 Å². The van der Waals surface area contributed by atoms with E-state index in [0.717, 1.165) is 12.8 Å². The average Bonchev–Trinajstić information content (AvgIpc) is 2.68. The minimum Gasteiger partial charge on any atom is -0.350 e. The Morgan fingerprint density at radius 3 is 2.44 bits per heavy atom. The number of hydrogen-bond acceptors (Lipinski definition) is 1. The van der Waals surface area contributed by atoms with Gasteiger partial charge in [0.05, 0.1) is 0 Å². The second-order valence-corrected chi connectivity index (χ2v) is 5.93. The van der Waals surface area contributed by atoms with Crippen LogP contribution in [0.5, 0.6) is 0 Å². The van der Waals surface area contributed by atoms with E-state index in [1.54, 1.807) is 0 Å². The molecule has 0 bridgehead atoms. The van der Waals surface area contributed by atoms with Gasteiger partial charge in [0.2, 0.25) is 5.91 Å². The molecule has 3 rings (SSSR count). The van der Waals surface area contributed by atoms with Gasteiger partial charge in [-0.25, -0.2) is 0 Å². The van der Waals surface area contributed by atoms with Gasteiger partial charge in [0.25, 0.3) is 0 Å². The Balaban J connectivity index is 1.93. The van der Waals surface area contributed by atoms with Gasteiger partial charge < -0.3 is 5.32 Å². The fourth-order valence-corrected chi connectivity index (χ4v) is 3.69. The van der Waals surface area contributed by atoms with Gasteiger partial charge in [-0.2, -0.15) is 0 Å². The van der Waals surface area contributed by atoms with Crippen LogP contribution < -0.4 is 5.32 Å². The monoisotopic (exact) mass is 243 g/mol. The molecule has 1 aromatic carbocycles. The summed E-state index contributed by atoms with van der Waals surface area (Å²) in [7, 11) is 0. The topological polar surface area (TPSA) is 29.1 Å². The van der Waals surface area contributed by atoms with Gasteiger partial charge in [-0.1, -0.05) is 49.1 Å². The lowest BCUT2D eigenvalue weighted by Gasteiger charge is -2.38. The molecule has 1 N–H and O–H groups in total. The summed E-state index contributed by atoms with van der Waals surface area (Å²) in [6.45, 7) is 2.11. The van der Waals surface area contributed by atoms with Crippen LogP contribution in [0.15, 0.2) is 24.3 Å². The summed E-state index contributed by atoms with van der Waals surface area (Å²) < 4.78 is 0. The number of rotatable bonds is 1. The van der Waals surface area contributed by atoms with Crippen molar-refractivity contribution < 1.29 is 4.79 Å². The zero-order valence-corrected chi connectivity index (χ0v) is 11.0. The molecule has 18 heavy (non-hydrogen) atoms. The molecule has 1 aliphatic carbocycles. The van der Waals surface area contributed by atoms with Crippen molar-refractivity contribution in [2.75, 3.05) is 0 Å². The molecule has 1 unspecified atom stereocenters. The maximum absolute atomic E-state index is 11.9. The Hall–Kier alpha value is -1.31. The van der Waals surface area contributed by atoms with E-state index in [9.17, 15) is 4.79 Å². The second-order valence-electron chi connectivity index (χ2n) is 5.93. The van der Waals surface area contributed by atoms with Crippen LogP contribution in [0.25, 0.3) is 0 Å². The lowest BCUT2D eigenvalue weighted by atomic mass is 9.71. The molecule has 2 aliphatic rings. The Kier molecular flexibility index (Phi) is 2.89. The van der Waals surface area contributed by atoms with Gasteiger partial charge in [-0.05, 0) is 25.3 Å². The van der Waals surface area contributed by atoms with Crippen molar-refractivity contribution in [1.82, 2.24) is 5.32 Å². The number of hydrogen-bond donors (Lipinski definition) is 1. The van der Waals surface area contributed by atoms with Crippen molar-refractivity contribution in [3.63, 3.8) is 0 Å². The number of benzene rings is 1. The average molecular weight is 243 g/mol. The first-order chi connectivity index (χ1) is 8.70. The van der Waals surface area contributed by atoms with E-state index in [-0.39, 0.29) is 11.4 Å². The maximum atomic E-state index is 11.9. The van der Waals surface area contributed by atoms with Crippen LogP contribution in [0.1, 0.15) is 55.6 Å². The molecule has 0 aromatic heterocycles. The lowest BCUT2D eigenvalue weighted by molar-refractivity contribution is -0.120. The predicted molar refractivity (Wildman–Crippen MR) is 72.5 cm³/mol. The number of amides is 1. The van der Waals surface area contributed by atoms with Gasteiger partial charge in [0.1, 0.15) is 0 Å². The quantitative estimate of drug-likeness (QED) is 0.805. The number of aryl methyl sites for hydroxylation is 1. The first kappa shape index (κ1) is 11.8. The van der Waals surface area contributed by atoms with E-state index in [0.29, 0.717) is 12.3 Å². The fourth-order valence-electron chi connectivity index (χ4n) is 3.69. The third-order valence-corrected chi connectivity index (χ3v) is 4.67. The van der Waals surface area contributed by atoms with Crippen LogP contribution in [-0.2, 0) is 4.79 Å². The Labute approximate surface area is 109 Å². The number of carbonyl (C=O) groups excluding carboxylic acids is 1. The molecule has 1 aromatic rings. The van der Waals surface area contributed by atoms with E-state index in [2.05, 4.69) is 36.5 Å². The fraction of sp³-hybridized carbons (Fsp3) is 0.562. The molecule has 1 heterocycles. The zero-order chi connectivity index (χ0) is 12.6. The zero-order valence-electron chi connectivity index (χ0n) is 11.0. The number of nitrogens with one attached hydrogen (secondary N) is 1. The molecular formula is C16H21NO. The molecule has 2 heteroatoms. The molecule has 1 aliphatic heterocycles. The van der Waals surface area contributed by atoms with Crippen LogP contribution in [0.3, 0.4) is 0 Å². The summed E-state index contributed by atoms with van der Waals surface area (Å²) in [5.74, 6) is 0.619. The second kappa shape index (κ2) is 4.42. The third kappa shape index (κ3) is 1.94. The molecule has 1 spiro atoms. The van der Waals surface area contributed by atoms with Crippen LogP contribution in [0.4, 0.5) is 0 Å². The van der Waals surface area contributed by atoms with E-state index < -0.39 is 0 Å². The normalized spacial score (nSPS) is 26.3. The summed E-state index contributed by atoms with van der Waals surface area (Å²) in [5.41, 5.74) is 2.68. The molecule has 1 saturated carbocycles. The highest BCUT2D eigenvalue weighted by Gasteiger charge is 2.47. The van der Waals surface area contributed by atoms with Crippen molar-refractivity contribution >= 4 is 5.91 Å². The molecule has 1 amide bonds. The molecule has 1 saturated heterocycles. The van der Waals surface area contributed by atoms with E-state index in [4.69, 9.17) is 0 Å². The summed E-state index contributed by atoms with van der Waals surface area (Å²) in [6, 6.07) is 8.73. The molecule has 1 atom stereocenters. The smallest absolute Gasteiger partial charge is 0.221 e. The van der Waals surface area contributed by atoms with Crippen LogP contribution >= 0.6 is 0 Å². The minimum absolute atomic E-state index is 0.0601. The van der Waals surface area contributed by atoms with Crippen molar-refractivity contribution in [3.8, 4) is 0 Å². The Morgan fingerprint density at radius 2 is 1.78 bits per heavy atom. The standard InChI is InChI=1S/C16H21NO/c1-12-5-7-13(8-6-12)14-11-15(18)17-16(14)9-3-2-4-10-16/h5-8,14H,2-4,9-11H2,1H3,(H,17,18). The van der Waals surface area contributed by atoms with Gasteiger partial charge in [0, 0.05) is 17.9 Å². The van der Waals surface area contributed by atoms with Crippen LogP contribution in [0, 0.1) is 6.92 Å². The first-order valence-corrected chi connectivity index (χ1v) is 7.07. The Bertz CT molecular complexity index is 443. The van der Waals surface area contributed by atoms with Crippen LogP contribution in [0.2, 0.25) is 0 Å². The first-order valence-electron chi connectivity index (χ1n) is 7.07. The summed E-state index contributed by atoms with van der Waals surface area (Å²) >= 11 is 0. The Morgan fingerprint density at radius 1 is 1.11 bits per heavy atom. The van der Waals surface area contributed by atoms with Crippen molar-refractivity contribution in [3.05, 3.63) is 35.4 Å². The SMILES string of the molecule is Cc1ccc(C2CC(=O)NC23CCCCC3)cc1. The molecule has 2 fully saturated rings. The highest BCUT2D eigenvalue weighted by Crippen LogP contribution is 2.45. The highest BCUT2D eigenvalue weighted by molar-refractivity contribution is 5.81. The molecular weight excluding hydrogens is 222 g/mol. The maximum Gasteiger partial charge on any atom is 0.221 e. The summed E-state index contributed by atoms with van der Waals surface area (Å²) in [4.78, 5) is 11.9. The van der Waals surface area contributed by atoms with Crippen LogP contribution in [-0.4, -0.2) is 11.4 Å². The van der Waals surface area contributed by atoms with Gasteiger partial charge in [-0.15, -0.1) is 0 Å². The van der Waals surface area contributed by atoms with Crippen molar-refractivity contribution in [1.29, 1.82) is 0 Å². The van der Waals surface area contributed by atoms with E-state index in [1.807, 2.05) is 0 Å². The van der Waals surface area contributed by atoms with Crippen molar-refractivity contribution in [2.45, 2.75) is 56.9 Å². The largest absolute Gasteiger partial charge is 0.350 e.